The molecule has 0 aliphatic carbocycles. The summed E-state index contributed by atoms with van der Waals surface area (Å²) in [6.07, 6.45) is 0. The zero-order chi connectivity index (χ0) is 14.7. The number of hydrogen-bond donors (Lipinski definition) is 0. The molecule has 0 saturated carbocycles. The number of hydrogen-bond acceptors (Lipinski definition) is 4. The number of fused-ring (bicyclic) bond motifs is 1. The average molecular weight is 277 g/mol. The molecule has 20 heavy (non-hydrogen) atoms. The SMILES string of the molecule is Cn1nc2cc(B3OC(C)(C)C(C)(C)O3)cc(F)c2n1. The van der Waals surface area contributed by atoms with Crippen molar-refractivity contribution in [2.24, 2.45) is 7.05 Å². The molecular weight excluding hydrogens is 260 g/mol. The first-order chi connectivity index (χ1) is 9.19. The number of benzene rings is 1. The van der Waals surface area contributed by atoms with Crippen molar-refractivity contribution >= 4 is 23.6 Å². The van der Waals surface area contributed by atoms with Gasteiger partial charge in [0.2, 0.25) is 0 Å². The van der Waals surface area contributed by atoms with E-state index in [1.54, 1.807) is 13.1 Å². The molecule has 1 aromatic heterocycles. The summed E-state index contributed by atoms with van der Waals surface area (Å²) in [4.78, 5) is 1.35. The van der Waals surface area contributed by atoms with E-state index in [9.17, 15) is 4.39 Å². The van der Waals surface area contributed by atoms with E-state index in [1.807, 2.05) is 27.7 Å². The van der Waals surface area contributed by atoms with Crippen molar-refractivity contribution < 1.29 is 13.7 Å². The molecule has 0 bridgehead atoms. The van der Waals surface area contributed by atoms with E-state index in [2.05, 4.69) is 10.2 Å². The van der Waals surface area contributed by atoms with Gasteiger partial charge in [0.25, 0.3) is 0 Å². The minimum atomic E-state index is -0.596. The first-order valence-corrected chi connectivity index (χ1v) is 6.56. The van der Waals surface area contributed by atoms with Gasteiger partial charge in [0.1, 0.15) is 11.0 Å². The van der Waals surface area contributed by atoms with Crippen molar-refractivity contribution in [3.8, 4) is 0 Å². The van der Waals surface area contributed by atoms with Gasteiger partial charge in [-0.25, -0.2) is 4.39 Å². The van der Waals surface area contributed by atoms with Crippen LogP contribution in [-0.2, 0) is 16.4 Å². The second-order valence-electron chi connectivity index (χ2n) is 6.15. The maximum Gasteiger partial charge on any atom is 0.495 e. The predicted octanol–water partition coefficient (Wildman–Crippen LogP) is 1.41. The van der Waals surface area contributed by atoms with Crippen LogP contribution >= 0.6 is 0 Å². The molecule has 1 aromatic carbocycles. The highest BCUT2D eigenvalue weighted by Gasteiger charge is 2.51. The van der Waals surface area contributed by atoms with Gasteiger partial charge in [-0.15, -0.1) is 0 Å². The fourth-order valence-corrected chi connectivity index (χ4v) is 2.22. The summed E-state index contributed by atoms with van der Waals surface area (Å²) in [5.41, 5.74) is 0.468. The third kappa shape index (κ3) is 1.92. The minimum Gasteiger partial charge on any atom is -0.399 e. The fraction of sp³-hybridized carbons (Fsp3) is 0.538. The molecule has 0 atom stereocenters. The van der Waals surface area contributed by atoms with Gasteiger partial charge in [-0.1, -0.05) is 0 Å². The summed E-state index contributed by atoms with van der Waals surface area (Å²) in [6, 6.07) is 3.16. The van der Waals surface area contributed by atoms with Crippen LogP contribution < -0.4 is 5.46 Å². The molecule has 2 heterocycles. The molecule has 7 heteroatoms. The van der Waals surface area contributed by atoms with Crippen LogP contribution in [0.15, 0.2) is 12.1 Å². The standard InChI is InChI=1S/C13H17BFN3O2/c1-12(2)13(3,4)20-14(19-12)8-6-9(15)11-10(7-8)16-18(5)17-11/h6-7H,1-5H3. The highest BCUT2D eigenvalue weighted by Crippen LogP contribution is 2.36. The van der Waals surface area contributed by atoms with Gasteiger partial charge in [-0.3, -0.25) is 0 Å². The first-order valence-electron chi connectivity index (χ1n) is 6.56. The van der Waals surface area contributed by atoms with Gasteiger partial charge < -0.3 is 9.31 Å². The number of aromatic nitrogens is 3. The lowest BCUT2D eigenvalue weighted by atomic mass is 9.79. The summed E-state index contributed by atoms with van der Waals surface area (Å²) >= 11 is 0. The van der Waals surface area contributed by atoms with E-state index in [0.717, 1.165) is 0 Å². The zero-order valence-corrected chi connectivity index (χ0v) is 12.3. The van der Waals surface area contributed by atoms with Crippen LogP contribution in [-0.4, -0.2) is 33.3 Å². The molecule has 0 spiro atoms. The Labute approximate surface area is 117 Å². The van der Waals surface area contributed by atoms with Gasteiger partial charge in [0, 0.05) is 7.05 Å². The van der Waals surface area contributed by atoms with Crippen molar-refractivity contribution in [2.45, 2.75) is 38.9 Å². The number of halogens is 1. The Morgan fingerprint density at radius 1 is 1.10 bits per heavy atom. The quantitative estimate of drug-likeness (QED) is 0.739. The van der Waals surface area contributed by atoms with Crippen LogP contribution in [0.5, 0.6) is 0 Å². The molecule has 1 fully saturated rings. The van der Waals surface area contributed by atoms with Crippen molar-refractivity contribution in [3.63, 3.8) is 0 Å². The van der Waals surface area contributed by atoms with Crippen LogP contribution in [0.4, 0.5) is 4.39 Å². The Morgan fingerprint density at radius 3 is 2.30 bits per heavy atom. The van der Waals surface area contributed by atoms with E-state index in [0.29, 0.717) is 11.0 Å². The lowest BCUT2D eigenvalue weighted by molar-refractivity contribution is 0.00578. The Kier molecular flexibility index (Phi) is 2.72. The molecular formula is C13H17BFN3O2. The molecule has 1 aliphatic rings. The smallest absolute Gasteiger partial charge is 0.399 e. The van der Waals surface area contributed by atoms with Crippen LogP contribution in [0.3, 0.4) is 0 Å². The first kappa shape index (κ1) is 13.5. The minimum absolute atomic E-state index is 0.257. The second kappa shape index (κ2) is 4.02. The summed E-state index contributed by atoms with van der Waals surface area (Å²) in [5, 5.41) is 8.12. The fourth-order valence-electron chi connectivity index (χ4n) is 2.22. The van der Waals surface area contributed by atoms with Crippen molar-refractivity contribution in [1.82, 2.24) is 15.0 Å². The number of aryl methyl sites for hydroxylation is 1. The molecule has 0 unspecified atom stereocenters. The van der Waals surface area contributed by atoms with Gasteiger partial charge >= 0.3 is 7.12 Å². The average Bonchev–Trinajstić information content (AvgIpc) is 2.77. The number of nitrogens with zero attached hydrogens (tertiary/aromatic N) is 3. The van der Waals surface area contributed by atoms with Crippen LogP contribution in [0.25, 0.3) is 11.0 Å². The van der Waals surface area contributed by atoms with Gasteiger partial charge in [-0.2, -0.15) is 15.0 Å². The van der Waals surface area contributed by atoms with Crippen molar-refractivity contribution in [3.05, 3.63) is 17.9 Å². The Hall–Kier alpha value is -1.47. The van der Waals surface area contributed by atoms with E-state index in [1.165, 1.54) is 10.9 Å². The van der Waals surface area contributed by atoms with E-state index in [4.69, 9.17) is 9.31 Å². The molecule has 2 aromatic rings. The maximum absolute atomic E-state index is 14.1. The van der Waals surface area contributed by atoms with Crippen LogP contribution in [0.2, 0.25) is 0 Å². The molecule has 1 aliphatic heterocycles. The molecule has 106 valence electrons. The predicted molar refractivity (Wildman–Crippen MR) is 74.2 cm³/mol. The summed E-state index contributed by atoms with van der Waals surface area (Å²) in [6.45, 7) is 7.85. The van der Waals surface area contributed by atoms with Gasteiger partial charge in [0.15, 0.2) is 5.82 Å². The molecule has 1 saturated heterocycles. The van der Waals surface area contributed by atoms with Crippen molar-refractivity contribution in [1.29, 1.82) is 0 Å². The van der Waals surface area contributed by atoms with Crippen LogP contribution in [0.1, 0.15) is 27.7 Å². The second-order valence-corrected chi connectivity index (χ2v) is 6.15. The lowest BCUT2D eigenvalue weighted by Gasteiger charge is -2.32. The maximum atomic E-state index is 14.1. The van der Waals surface area contributed by atoms with E-state index >= 15 is 0 Å². The third-order valence-electron chi connectivity index (χ3n) is 4.09. The van der Waals surface area contributed by atoms with E-state index in [-0.39, 0.29) is 5.52 Å². The van der Waals surface area contributed by atoms with Crippen LogP contribution in [0, 0.1) is 5.82 Å². The topological polar surface area (TPSA) is 49.2 Å². The Morgan fingerprint density at radius 2 is 1.70 bits per heavy atom. The Balaban J connectivity index is 2.04. The summed E-state index contributed by atoms with van der Waals surface area (Å²) in [5.74, 6) is -0.416. The number of rotatable bonds is 1. The summed E-state index contributed by atoms with van der Waals surface area (Å²) in [7, 11) is 1.06. The monoisotopic (exact) mass is 277 g/mol. The van der Waals surface area contributed by atoms with Gasteiger partial charge in [0.05, 0.1) is 11.2 Å². The highest BCUT2D eigenvalue weighted by molar-refractivity contribution is 6.62. The largest absolute Gasteiger partial charge is 0.495 e. The normalized spacial score (nSPS) is 20.8. The Bertz CT molecular complexity index is 668. The summed E-state index contributed by atoms with van der Waals surface area (Å²) < 4.78 is 25.9. The highest BCUT2D eigenvalue weighted by atomic mass is 19.1. The molecule has 0 N–H and O–H groups in total. The lowest BCUT2D eigenvalue weighted by Crippen LogP contribution is -2.41. The molecule has 3 rings (SSSR count). The molecule has 0 radical (unpaired) electrons. The molecule has 5 nitrogen and oxygen atoms in total. The zero-order valence-electron chi connectivity index (χ0n) is 12.3. The third-order valence-corrected chi connectivity index (χ3v) is 4.09. The molecule has 0 amide bonds. The van der Waals surface area contributed by atoms with E-state index < -0.39 is 24.1 Å². The van der Waals surface area contributed by atoms with Crippen molar-refractivity contribution in [2.75, 3.05) is 0 Å². The van der Waals surface area contributed by atoms with Gasteiger partial charge in [-0.05, 0) is 45.3 Å².